The van der Waals surface area contributed by atoms with Gasteiger partial charge in [0.1, 0.15) is 0 Å². The average molecular weight is 704 g/mol. The van der Waals surface area contributed by atoms with Gasteiger partial charge in [0.2, 0.25) is 0 Å². The fourth-order valence-electron chi connectivity index (χ4n) is 0. The molecular weight excluding hydrogens is 692 g/mol. The molecule has 0 unspecified atom stereocenters. The second kappa shape index (κ2) is 37.1. The Hall–Kier alpha value is -2.25. The number of hydrogen-bond donors (Lipinski definition) is 0. The zero-order valence-corrected chi connectivity index (χ0v) is 18.9. The van der Waals surface area contributed by atoms with Crippen LogP contribution in [0.25, 0.3) is 0 Å². The van der Waals surface area contributed by atoms with Gasteiger partial charge in [-0.15, -0.1) is 0 Å². The maximum Gasteiger partial charge on any atom is 0.673 e. The third-order valence-electron chi connectivity index (χ3n) is 0. The molecule has 0 aromatic carbocycles. The summed E-state index contributed by atoms with van der Waals surface area (Å²) in [6.45, 7) is 5.72. The van der Waals surface area contributed by atoms with Crippen LogP contribution in [0, 0.1) is 45.3 Å². The molecule has 0 amide bonds. The molecule has 0 aliphatic carbocycles. The maximum absolute atomic E-state index is 9.75. The van der Waals surface area contributed by atoms with Crippen molar-refractivity contribution in [1.82, 2.24) is 0 Å². The van der Waals surface area contributed by atoms with Gasteiger partial charge in [-0.1, -0.05) is 0 Å². The Bertz CT molecular complexity index is 403. The molecular formula is C8H12B4F16IrN4-4. The third kappa shape index (κ3) is 4520. The van der Waals surface area contributed by atoms with Crippen LogP contribution in [-0.4, -0.2) is 29.0 Å². The summed E-state index contributed by atoms with van der Waals surface area (Å²) in [5.41, 5.74) is 0. The second-order valence-corrected chi connectivity index (χ2v) is 2.87. The Morgan fingerprint density at radius 1 is 0.333 bits per heavy atom. The van der Waals surface area contributed by atoms with Crippen molar-refractivity contribution in [1.29, 1.82) is 21.0 Å². The molecule has 0 rings (SSSR count). The van der Waals surface area contributed by atoms with E-state index in [2.05, 4.69) is 0 Å². The van der Waals surface area contributed by atoms with Gasteiger partial charge < -0.3 is 69.1 Å². The van der Waals surface area contributed by atoms with Crippen molar-refractivity contribution in [2.45, 2.75) is 27.7 Å². The van der Waals surface area contributed by atoms with Crippen molar-refractivity contribution in [3.63, 3.8) is 0 Å². The molecule has 0 bridgehead atoms. The van der Waals surface area contributed by atoms with Crippen LogP contribution in [0.2, 0.25) is 0 Å². The van der Waals surface area contributed by atoms with Crippen LogP contribution < -0.4 is 0 Å². The summed E-state index contributed by atoms with van der Waals surface area (Å²) < 4.78 is 156. The average Bonchev–Trinajstić information content (AvgIpc) is 2.32. The van der Waals surface area contributed by atoms with Gasteiger partial charge in [-0.2, -0.15) is 21.0 Å². The van der Waals surface area contributed by atoms with E-state index in [0.717, 1.165) is 0 Å². The van der Waals surface area contributed by atoms with Crippen LogP contribution >= 0.6 is 0 Å². The predicted octanol–water partition coefficient (Wildman–Crippen LogP) is 7.32. The Morgan fingerprint density at radius 2 is 0.333 bits per heavy atom. The van der Waals surface area contributed by atoms with Crippen molar-refractivity contribution < 1.29 is 89.2 Å². The van der Waals surface area contributed by atoms with E-state index < -0.39 is 29.0 Å². The van der Waals surface area contributed by atoms with Gasteiger partial charge in [0, 0.05) is 47.8 Å². The van der Waals surface area contributed by atoms with Crippen molar-refractivity contribution in [3.8, 4) is 24.3 Å². The smallest absolute Gasteiger partial charge is 0.418 e. The normalized spacial score (nSPS) is 8.24. The van der Waals surface area contributed by atoms with E-state index >= 15 is 0 Å². The molecule has 1 radical (unpaired) electrons. The van der Waals surface area contributed by atoms with Crippen molar-refractivity contribution in [2.75, 3.05) is 0 Å². The van der Waals surface area contributed by atoms with E-state index in [1.807, 2.05) is 0 Å². The molecule has 0 N–H and O–H groups in total. The van der Waals surface area contributed by atoms with Crippen LogP contribution in [-0.2, 0) is 20.1 Å². The van der Waals surface area contributed by atoms with Crippen LogP contribution in [0.1, 0.15) is 27.7 Å². The zero-order chi connectivity index (χ0) is 28.8. The summed E-state index contributed by atoms with van der Waals surface area (Å²) in [6, 6.07) is 7.00. The standard InChI is InChI=1S/4C2H3N.4BF4.Ir/c4*1-2-3;4*2-1(3,4)5;/h4*1H3;;;;;/q;;;;4*-1;. The van der Waals surface area contributed by atoms with Gasteiger partial charge in [0.15, 0.2) is 0 Å². The molecule has 0 saturated heterocycles. The van der Waals surface area contributed by atoms with E-state index in [9.17, 15) is 69.1 Å². The summed E-state index contributed by atoms with van der Waals surface area (Å²) in [4.78, 5) is 0. The maximum atomic E-state index is 9.75. The van der Waals surface area contributed by atoms with Gasteiger partial charge in [0.25, 0.3) is 0 Å². The van der Waals surface area contributed by atoms with Crippen molar-refractivity contribution in [3.05, 3.63) is 0 Å². The van der Waals surface area contributed by atoms with Crippen molar-refractivity contribution >= 4 is 29.0 Å². The number of nitrogens with zero attached hydrogens (tertiary/aromatic N) is 4. The molecule has 0 aromatic rings. The van der Waals surface area contributed by atoms with Crippen LogP contribution in [0.5, 0.6) is 0 Å². The van der Waals surface area contributed by atoms with Gasteiger partial charge in [-0.05, 0) is 0 Å². The van der Waals surface area contributed by atoms with E-state index in [1.54, 1.807) is 24.3 Å². The number of nitriles is 4. The van der Waals surface area contributed by atoms with E-state index in [-0.39, 0.29) is 20.1 Å². The molecule has 0 atom stereocenters. The van der Waals surface area contributed by atoms with E-state index in [0.29, 0.717) is 0 Å². The first kappa shape index (κ1) is 57.5. The Labute approximate surface area is 191 Å². The van der Waals surface area contributed by atoms with Crippen LogP contribution in [0.3, 0.4) is 0 Å². The second-order valence-electron chi connectivity index (χ2n) is 2.87. The number of halogens is 16. The molecule has 201 valence electrons. The minimum absolute atomic E-state index is 0. The first-order valence-corrected chi connectivity index (χ1v) is 6.39. The van der Waals surface area contributed by atoms with Crippen molar-refractivity contribution in [2.24, 2.45) is 0 Å². The first-order valence-electron chi connectivity index (χ1n) is 6.39. The van der Waals surface area contributed by atoms with E-state index in [1.165, 1.54) is 27.7 Å². The minimum atomic E-state index is -6.00. The predicted molar refractivity (Wildman–Crippen MR) is 85.9 cm³/mol. The van der Waals surface area contributed by atoms with Crippen LogP contribution in [0.4, 0.5) is 69.1 Å². The first-order chi connectivity index (χ1) is 13.7. The Morgan fingerprint density at radius 3 is 0.333 bits per heavy atom. The van der Waals surface area contributed by atoms with Gasteiger partial charge in [0.05, 0.1) is 24.3 Å². The molecule has 4 nitrogen and oxygen atoms in total. The summed E-state index contributed by atoms with van der Waals surface area (Å²) in [5, 5.41) is 29.3. The molecule has 25 heteroatoms. The van der Waals surface area contributed by atoms with Gasteiger partial charge in [-0.3, -0.25) is 0 Å². The number of hydrogen-bond acceptors (Lipinski definition) is 4. The fraction of sp³-hybridized carbons (Fsp3) is 0.500. The molecule has 0 heterocycles. The largest absolute Gasteiger partial charge is 0.673 e. The molecule has 33 heavy (non-hydrogen) atoms. The molecule has 0 aromatic heterocycles. The van der Waals surface area contributed by atoms with E-state index in [4.69, 9.17) is 21.0 Å². The zero-order valence-electron chi connectivity index (χ0n) is 16.5. The molecule has 0 saturated carbocycles. The summed E-state index contributed by atoms with van der Waals surface area (Å²) in [5.74, 6) is 0. The Balaban J connectivity index is -0.0000000287. The Kier molecular flexibility index (Phi) is 64.7. The topological polar surface area (TPSA) is 95.2 Å². The summed E-state index contributed by atoms with van der Waals surface area (Å²) in [6.07, 6.45) is 0. The van der Waals surface area contributed by atoms with Gasteiger partial charge in [-0.25, -0.2) is 0 Å². The molecule has 0 aliphatic heterocycles. The SMILES string of the molecule is CC#N.CC#N.CC#N.CC#N.F[B-](F)(F)F.F[B-](F)(F)F.F[B-](F)(F)F.F[B-](F)(F)F.[Ir]. The third-order valence-corrected chi connectivity index (χ3v) is 0. The molecule has 0 spiro atoms. The summed E-state index contributed by atoms with van der Waals surface area (Å²) >= 11 is 0. The fourth-order valence-corrected chi connectivity index (χ4v) is 0. The monoisotopic (exact) mass is 705 g/mol. The molecule has 0 fully saturated rings. The van der Waals surface area contributed by atoms with Crippen LogP contribution in [0.15, 0.2) is 0 Å². The quantitative estimate of drug-likeness (QED) is 0.195. The molecule has 0 aliphatic rings. The minimum Gasteiger partial charge on any atom is -0.418 e. The summed E-state index contributed by atoms with van der Waals surface area (Å²) in [7, 11) is -24.0. The van der Waals surface area contributed by atoms with Gasteiger partial charge >= 0.3 is 29.0 Å². The number of rotatable bonds is 0.